The molecule has 3 aromatic carbocycles. The Kier molecular flexibility index (Phi) is 4.80. The van der Waals surface area contributed by atoms with Gasteiger partial charge < -0.3 is 9.84 Å². The molecule has 0 unspecified atom stereocenters. The number of hydrogen-bond donors (Lipinski definition) is 1. The maximum atomic E-state index is 14.0. The molecule has 126 valence electrons. The van der Waals surface area contributed by atoms with Gasteiger partial charge in [-0.1, -0.05) is 42.5 Å². The average molecular weight is 336 g/mol. The molecule has 0 atom stereocenters. The molecule has 0 aliphatic rings. The molecule has 0 saturated heterocycles. The molecule has 0 fully saturated rings. The Balaban J connectivity index is 1.82. The molecule has 3 aromatic rings. The second kappa shape index (κ2) is 7.18. The summed E-state index contributed by atoms with van der Waals surface area (Å²) in [5.41, 5.74) is 2.72. The van der Waals surface area contributed by atoms with Crippen molar-refractivity contribution in [3.63, 3.8) is 0 Å². The van der Waals surface area contributed by atoms with Gasteiger partial charge in [-0.3, -0.25) is 0 Å². The molecule has 25 heavy (non-hydrogen) atoms. The first-order valence-electron chi connectivity index (χ1n) is 7.85. The Labute approximate surface area is 145 Å². The van der Waals surface area contributed by atoms with Gasteiger partial charge in [-0.25, -0.2) is 9.18 Å². The van der Waals surface area contributed by atoms with E-state index in [0.29, 0.717) is 23.5 Å². The smallest absolute Gasteiger partial charge is 0.335 e. The molecule has 0 aromatic heterocycles. The van der Waals surface area contributed by atoms with E-state index in [4.69, 9.17) is 9.84 Å². The van der Waals surface area contributed by atoms with Crippen LogP contribution in [0, 0.1) is 12.7 Å². The zero-order valence-corrected chi connectivity index (χ0v) is 13.7. The standard InChI is InChI=1S/C21H17FO3/c1-14-19(11-17(21(23)24)12-20(14)22)16-7-9-18(10-8-16)25-13-15-5-3-2-4-6-15/h2-12H,13H2,1H3,(H,23,24). The minimum Gasteiger partial charge on any atom is -0.489 e. The van der Waals surface area contributed by atoms with Crippen molar-refractivity contribution >= 4 is 5.97 Å². The van der Waals surface area contributed by atoms with Gasteiger partial charge in [-0.2, -0.15) is 0 Å². The van der Waals surface area contributed by atoms with E-state index in [1.54, 1.807) is 31.2 Å². The van der Waals surface area contributed by atoms with Crippen molar-refractivity contribution < 1.29 is 19.0 Å². The van der Waals surface area contributed by atoms with Crippen LogP contribution in [0.4, 0.5) is 4.39 Å². The van der Waals surface area contributed by atoms with Crippen LogP contribution in [0.3, 0.4) is 0 Å². The fraction of sp³-hybridized carbons (Fsp3) is 0.0952. The first-order chi connectivity index (χ1) is 12.0. The molecular weight excluding hydrogens is 319 g/mol. The van der Waals surface area contributed by atoms with Crippen molar-refractivity contribution in [3.8, 4) is 16.9 Å². The molecule has 0 amide bonds. The van der Waals surface area contributed by atoms with Crippen LogP contribution < -0.4 is 4.74 Å². The normalized spacial score (nSPS) is 10.5. The number of benzene rings is 3. The molecule has 0 spiro atoms. The fourth-order valence-electron chi connectivity index (χ4n) is 2.57. The van der Waals surface area contributed by atoms with Gasteiger partial charge in [0.1, 0.15) is 18.2 Å². The first-order valence-corrected chi connectivity index (χ1v) is 7.85. The largest absolute Gasteiger partial charge is 0.489 e. The summed E-state index contributed by atoms with van der Waals surface area (Å²) >= 11 is 0. The summed E-state index contributed by atoms with van der Waals surface area (Å²) in [6, 6.07) is 19.5. The van der Waals surface area contributed by atoms with Gasteiger partial charge in [0.25, 0.3) is 0 Å². The summed E-state index contributed by atoms with van der Waals surface area (Å²) in [5, 5.41) is 9.11. The minimum absolute atomic E-state index is 0.0671. The quantitative estimate of drug-likeness (QED) is 0.707. The Morgan fingerprint density at radius 1 is 1.04 bits per heavy atom. The number of aromatic carboxylic acids is 1. The van der Waals surface area contributed by atoms with Gasteiger partial charge in [-0.15, -0.1) is 0 Å². The van der Waals surface area contributed by atoms with Crippen molar-refractivity contribution in [2.24, 2.45) is 0 Å². The monoisotopic (exact) mass is 336 g/mol. The Bertz CT molecular complexity index is 887. The van der Waals surface area contributed by atoms with Crippen LogP contribution in [0.15, 0.2) is 66.7 Å². The summed E-state index contributed by atoms with van der Waals surface area (Å²) in [6.45, 7) is 2.10. The zero-order valence-electron chi connectivity index (χ0n) is 13.7. The average Bonchev–Trinajstić information content (AvgIpc) is 2.63. The molecule has 0 aliphatic carbocycles. The van der Waals surface area contributed by atoms with E-state index in [2.05, 4.69) is 0 Å². The number of carboxylic acid groups (broad SMARTS) is 1. The minimum atomic E-state index is -1.15. The topological polar surface area (TPSA) is 46.5 Å². The van der Waals surface area contributed by atoms with E-state index in [1.807, 2.05) is 30.3 Å². The van der Waals surface area contributed by atoms with Gasteiger partial charge in [0.05, 0.1) is 5.56 Å². The molecule has 0 saturated carbocycles. The Morgan fingerprint density at radius 3 is 2.36 bits per heavy atom. The summed E-state index contributed by atoms with van der Waals surface area (Å²) < 4.78 is 19.7. The van der Waals surface area contributed by atoms with Crippen molar-refractivity contribution in [2.75, 3.05) is 0 Å². The van der Waals surface area contributed by atoms with Gasteiger partial charge in [-0.05, 0) is 53.4 Å². The number of carbonyl (C=O) groups is 1. The second-order valence-corrected chi connectivity index (χ2v) is 5.73. The highest BCUT2D eigenvalue weighted by Crippen LogP contribution is 2.28. The third-order valence-corrected chi connectivity index (χ3v) is 4.00. The third-order valence-electron chi connectivity index (χ3n) is 4.00. The lowest BCUT2D eigenvalue weighted by molar-refractivity contribution is 0.0696. The van der Waals surface area contributed by atoms with Crippen LogP contribution in [0.25, 0.3) is 11.1 Å². The molecule has 3 rings (SSSR count). The van der Waals surface area contributed by atoms with Gasteiger partial charge >= 0.3 is 5.97 Å². The molecule has 4 heteroatoms. The van der Waals surface area contributed by atoms with Crippen molar-refractivity contribution in [3.05, 3.63) is 89.2 Å². The third kappa shape index (κ3) is 3.86. The first kappa shape index (κ1) is 16.7. The maximum absolute atomic E-state index is 14.0. The predicted molar refractivity (Wildman–Crippen MR) is 94.3 cm³/mol. The SMILES string of the molecule is Cc1c(F)cc(C(=O)O)cc1-c1ccc(OCc2ccccc2)cc1. The number of carboxylic acids is 1. The van der Waals surface area contributed by atoms with Crippen LogP contribution in [-0.2, 0) is 6.61 Å². The molecule has 0 radical (unpaired) electrons. The number of hydrogen-bond acceptors (Lipinski definition) is 2. The Hall–Kier alpha value is -3.14. The van der Waals surface area contributed by atoms with Crippen LogP contribution in [-0.4, -0.2) is 11.1 Å². The fourth-order valence-corrected chi connectivity index (χ4v) is 2.57. The van der Waals surface area contributed by atoms with E-state index in [1.165, 1.54) is 6.07 Å². The Morgan fingerprint density at radius 2 is 1.72 bits per heavy atom. The lowest BCUT2D eigenvalue weighted by atomic mass is 9.97. The van der Waals surface area contributed by atoms with Crippen LogP contribution in [0.2, 0.25) is 0 Å². The number of rotatable bonds is 5. The van der Waals surface area contributed by atoms with Crippen molar-refractivity contribution in [1.82, 2.24) is 0 Å². The van der Waals surface area contributed by atoms with Crippen LogP contribution in [0.5, 0.6) is 5.75 Å². The van der Waals surface area contributed by atoms with Crippen molar-refractivity contribution in [1.29, 1.82) is 0 Å². The number of halogens is 1. The lowest BCUT2D eigenvalue weighted by Crippen LogP contribution is -2.00. The highest BCUT2D eigenvalue weighted by molar-refractivity contribution is 5.90. The van der Waals surface area contributed by atoms with Gasteiger partial charge in [0, 0.05) is 0 Å². The van der Waals surface area contributed by atoms with Gasteiger partial charge in [0.2, 0.25) is 0 Å². The highest BCUT2D eigenvalue weighted by atomic mass is 19.1. The van der Waals surface area contributed by atoms with Gasteiger partial charge in [0.15, 0.2) is 0 Å². The maximum Gasteiger partial charge on any atom is 0.335 e. The molecular formula is C21H17FO3. The van der Waals surface area contributed by atoms with E-state index >= 15 is 0 Å². The zero-order chi connectivity index (χ0) is 17.8. The van der Waals surface area contributed by atoms with Crippen LogP contribution in [0.1, 0.15) is 21.5 Å². The lowest BCUT2D eigenvalue weighted by Gasteiger charge is -2.11. The van der Waals surface area contributed by atoms with E-state index < -0.39 is 11.8 Å². The summed E-state index contributed by atoms with van der Waals surface area (Å²) in [5.74, 6) is -0.984. The molecule has 0 heterocycles. The highest BCUT2D eigenvalue weighted by Gasteiger charge is 2.13. The molecule has 1 N–H and O–H groups in total. The predicted octanol–water partition coefficient (Wildman–Crippen LogP) is 5.08. The van der Waals surface area contributed by atoms with E-state index in [-0.39, 0.29) is 5.56 Å². The molecule has 0 aliphatic heterocycles. The second-order valence-electron chi connectivity index (χ2n) is 5.73. The number of ether oxygens (including phenoxy) is 1. The van der Waals surface area contributed by atoms with E-state index in [9.17, 15) is 9.18 Å². The summed E-state index contributed by atoms with van der Waals surface area (Å²) in [4.78, 5) is 11.1. The molecule has 0 bridgehead atoms. The summed E-state index contributed by atoms with van der Waals surface area (Å²) in [6.07, 6.45) is 0. The summed E-state index contributed by atoms with van der Waals surface area (Å²) in [7, 11) is 0. The van der Waals surface area contributed by atoms with Crippen molar-refractivity contribution in [2.45, 2.75) is 13.5 Å². The van der Waals surface area contributed by atoms with Crippen LogP contribution >= 0.6 is 0 Å². The van der Waals surface area contributed by atoms with E-state index in [0.717, 1.165) is 17.2 Å². The molecule has 3 nitrogen and oxygen atoms in total.